The summed E-state index contributed by atoms with van der Waals surface area (Å²) in [5.41, 5.74) is 2.23. The van der Waals surface area contributed by atoms with Crippen LogP contribution in [0.1, 0.15) is 18.1 Å². The first kappa shape index (κ1) is 16.4. The van der Waals surface area contributed by atoms with Crippen LogP contribution in [0.3, 0.4) is 0 Å². The molecule has 118 valence electrons. The molecule has 0 atom stereocenters. The summed E-state index contributed by atoms with van der Waals surface area (Å²) in [5.74, 6) is -0.208. The fourth-order valence-corrected chi connectivity index (χ4v) is 2.36. The topological polar surface area (TPSA) is 63.5 Å². The van der Waals surface area contributed by atoms with E-state index in [1.165, 1.54) is 18.2 Å². The van der Waals surface area contributed by atoms with Crippen molar-refractivity contribution in [2.75, 3.05) is 11.4 Å². The van der Waals surface area contributed by atoms with Crippen LogP contribution in [0, 0.1) is 17.0 Å². The van der Waals surface area contributed by atoms with Crippen molar-refractivity contribution in [2.24, 2.45) is 0 Å². The van der Waals surface area contributed by atoms with Crippen LogP contribution in [0.2, 0.25) is 0 Å². The van der Waals surface area contributed by atoms with Gasteiger partial charge in [0.05, 0.1) is 10.5 Å². The van der Waals surface area contributed by atoms with Gasteiger partial charge in [-0.05, 0) is 37.6 Å². The molecule has 23 heavy (non-hydrogen) atoms. The fraction of sp³-hybridized carbons (Fsp3) is 0.167. The third-order valence-electron chi connectivity index (χ3n) is 3.53. The molecule has 2 aromatic carbocycles. The van der Waals surface area contributed by atoms with Crippen LogP contribution in [0.15, 0.2) is 54.6 Å². The number of amides is 1. The minimum atomic E-state index is -0.455. The molecule has 0 N–H and O–H groups in total. The van der Waals surface area contributed by atoms with Crippen LogP contribution in [-0.4, -0.2) is 17.4 Å². The second kappa shape index (κ2) is 7.35. The van der Waals surface area contributed by atoms with Gasteiger partial charge in [0.25, 0.3) is 11.6 Å². The Morgan fingerprint density at radius 3 is 2.48 bits per heavy atom. The predicted molar refractivity (Wildman–Crippen MR) is 91.3 cm³/mol. The molecule has 0 aliphatic carbocycles. The number of para-hydroxylation sites is 2. The van der Waals surface area contributed by atoms with E-state index < -0.39 is 4.92 Å². The highest BCUT2D eigenvalue weighted by molar-refractivity contribution is 6.04. The second-order valence-corrected chi connectivity index (χ2v) is 5.02. The molecule has 1 amide bonds. The van der Waals surface area contributed by atoms with Gasteiger partial charge in [0.1, 0.15) is 0 Å². The Balaban J connectivity index is 2.27. The molecule has 0 spiro atoms. The van der Waals surface area contributed by atoms with E-state index in [2.05, 4.69) is 0 Å². The molecule has 5 heteroatoms. The number of rotatable bonds is 5. The first-order chi connectivity index (χ1) is 11.0. The summed E-state index contributed by atoms with van der Waals surface area (Å²) >= 11 is 0. The molecule has 0 saturated heterocycles. The molecule has 0 saturated carbocycles. The predicted octanol–water partition coefficient (Wildman–Crippen LogP) is 3.97. The number of carbonyl (C=O) groups excluding carboxylic acids is 1. The summed E-state index contributed by atoms with van der Waals surface area (Å²) in [4.78, 5) is 24.6. The molecule has 2 aromatic rings. The highest BCUT2D eigenvalue weighted by Crippen LogP contribution is 2.21. The van der Waals surface area contributed by atoms with Gasteiger partial charge in [-0.25, -0.2) is 0 Å². The van der Waals surface area contributed by atoms with E-state index >= 15 is 0 Å². The zero-order chi connectivity index (χ0) is 16.8. The van der Waals surface area contributed by atoms with Crippen LogP contribution >= 0.6 is 0 Å². The minimum absolute atomic E-state index is 0.0181. The standard InChI is InChI=1S/C18H18N2O3/c1-3-19(16-10-6-4-8-14(16)2)18(21)13-12-15-9-5-7-11-17(15)20(22)23/h4-13H,3H2,1-2H3. The lowest BCUT2D eigenvalue weighted by atomic mass is 10.1. The van der Waals surface area contributed by atoms with Crippen LogP contribution in [0.25, 0.3) is 6.08 Å². The number of nitro benzene ring substituents is 1. The average Bonchev–Trinajstić information content (AvgIpc) is 2.55. The van der Waals surface area contributed by atoms with Crippen molar-refractivity contribution in [1.82, 2.24) is 0 Å². The Bertz CT molecular complexity index is 753. The van der Waals surface area contributed by atoms with Gasteiger partial charge in [-0.15, -0.1) is 0 Å². The third kappa shape index (κ3) is 3.83. The summed E-state index contributed by atoms with van der Waals surface area (Å²) in [6.45, 7) is 4.35. The molecule has 0 unspecified atom stereocenters. The number of aryl methyl sites for hydroxylation is 1. The zero-order valence-electron chi connectivity index (χ0n) is 13.1. The molecule has 2 rings (SSSR count). The highest BCUT2D eigenvalue weighted by atomic mass is 16.6. The molecular weight excluding hydrogens is 292 g/mol. The van der Waals surface area contributed by atoms with Crippen LogP contribution in [0.5, 0.6) is 0 Å². The Morgan fingerprint density at radius 1 is 1.17 bits per heavy atom. The van der Waals surface area contributed by atoms with E-state index in [0.29, 0.717) is 12.1 Å². The lowest BCUT2D eigenvalue weighted by Gasteiger charge is -2.21. The molecule has 0 radical (unpaired) electrons. The Kier molecular flexibility index (Phi) is 5.25. The zero-order valence-corrected chi connectivity index (χ0v) is 13.1. The average molecular weight is 310 g/mol. The number of hydrogen-bond donors (Lipinski definition) is 0. The van der Waals surface area contributed by atoms with Crippen molar-refractivity contribution >= 4 is 23.4 Å². The number of benzene rings is 2. The Labute approximate surface area is 135 Å². The monoisotopic (exact) mass is 310 g/mol. The van der Waals surface area contributed by atoms with E-state index in [4.69, 9.17) is 0 Å². The normalized spacial score (nSPS) is 10.7. The number of likely N-dealkylation sites (N-methyl/N-ethyl adjacent to an activating group) is 1. The number of carbonyl (C=O) groups is 1. The SMILES string of the molecule is CCN(C(=O)C=Cc1ccccc1[N+](=O)[O-])c1ccccc1C. The van der Waals surface area contributed by atoms with Crippen LogP contribution in [-0.2, 0) is 4.79 Å². The van der Waals surface area contributed by atoms with E-state index in [9.17, 15) is 14.9 Å². The molecule has 0 aromatic heterocycles. The van der Waals surface area contributed by atoms with E-state index in [-0.39, 0.29) is 11.6 Å². The van der Waals surface area contributed by atoms with Gasteiger partial charge >= 0.3 is 0 Å². The fourth-order valence-electron chi connectivity index (χ4n) is 2.36. The molecule has 0 heterocycles. The minimum Gasteiger partial charge on any atom is -0.309 e. The smallest absolute Gasteiger partial charge is 0.276 e. The van der Waals surface area contributed by atoms with Gasteiger partial charge in [-0.2, -0.15) is 0 Å². The molecule has 0 aliphatic rings. The van der Waals surface area contributed by atoms with E-state index in [1.54, 1.807) is 23.1 Å². The molecular formula is C18H18N2O3. The second-order valence-electron chi connectivity index (χ2n) is 5.02. The van der Waals surface area contributed by atoms with Crippen LogP contribution < -0.4 is 4.90 Å². The summed E-state index contributed by atoms with van der Waals surface area (Å²) in [6.07, 6.45) is 2.86. The number of anilines is 1. The van der Waals surface area contributed by atoms with Crippen molar-refractivity contribution in [1.29, 1.82) is 0 Å². The molecule has 0 bridgehead atoms. The quantitative estimate of drug-likeness (QED) is 0.477. The van der Waals surface area contributed by atoms with Crippen molar-refractivity contribution < 1.29 is 9.72 Å². The summed E-state index contributed by atoms with van der Waals surface area (Å²) in [5, 5.41) is 11.0. The number of nitrogens with zero attached hydrogens (tertiary/aromatic N) is 2. The first-order valence-electron chi connectivity index (χ1n) is 7.33. The number of hydrogen-bond acceptors (Lipinski definition) is 3. The molecule has 5 nitrogen and oxygen atoms in total. The summed E-state index contributed by atoms with van der Waals surface area (Å²) in [7, 11) is 0. The van der Waals surface area contributed by atoms with Crippen molar-refractivity contribution in [3.05, 3.63) is 75.8 Å². The van der Waals surface area contributed by atoms with Crippen molar-refractivity contribution in [3.63, 3.8) is 0 Å². The van der Waals surface area contributed by atoms with Gasteiger partial charge in [0.15, 0.2) is 0 Å². The number of nitro groups is 1. The molecule has 0 aliphatic heterocycles. The van der Waals surface area contributed by atoms with Gasteiger partial charge in [0.2, 0.25) is 0 Å². The van der Waals surface area contributed by atoms with E-state index in [1.807, 2.05) is 38.1 Å². The van der Waals surface area contributed by atoms with Gasteiger partial charge in [0, 0.05) is 24.4 Å². The van der Waals surface area contributed by atoms with Crippen molar-refractivity contribution in [3.8, 4) is 0 Å². The lowest BCUT2D eigenvalue weighted by Crippen LogP contribution is -2.29. The van der Waals surface area contributed by atoms with E-state index in [0.717, 1.165) is 11.3 Å². The molecule has 0 fully saturated rings. The first-order valence-corrected chi connectivity index (χ1v) is 7.33. The van der Waals surface area contributed by atoms with Gasteiger partial charge < -0.3 is 4.90 Å². The van der Waals surface area contributed by atoms with Gasteiger partial charge in [-0.1, -0.05) is 30.3 Å². The Morgan fingerprint density at radius 2 is 1.83 bits per heavy atom. The Hall–Kier alpha value is -2.95. The maximum Gasteiger partial charge on any atom is 0.276 e. The maximum absolute atomic E-state index is 12.5. The maximum atomic E-state index is 12.5. The third-order valence-corrected chi connectivity index (χ3v) is 3.53. The van der Waals surface area contributed by atoms with Crippen LogP contribution in [0.4, 0.5) is 11.4 Å². The van der Waals surface area contributed by atoms with Gasteiger partial charge in [-0.3, -0.25) is 14.9 Å². The largest absolute Gasteiger partial charge is 0.309 e. The summed E-state index contributed by atoms with van der Waals surface area (Å²) < 4.78 is 0. The highest BCUT2D eigenvalue weighted by Gasteiger charge is 2.14. The summed E-state index contributed by atoms with van der Waals surface area (Å²) in [6, 6.07) is 14.0. The lowest BCUT2D eigenvalue weighted by molar-refractivity contribution is -0.385. The van der Waals surface area contributed by atoms with Crippen molar-refractivity contribution in [2.45, 2.75) is 13.8 Å².